The highest BCUT2D eigenvalue weighted by molar-refractivity contribution is 7.92. The number of pyridine rings is 1. The molecule has 0 bridgehead atoms. The molecule has 1 aliphatic rings. The molecule has 0 radical (unpaired) electrons. The van der Waals surface area contributed by atoms with Crippen LogP contribution in [0.1, 0.15) is 17.3 Å². The lowest BCUT2D eigenvalue weighted by Gasteiger charge is -2.41. The lowest BCUT2D eigenvalue weighted by atomic mass is 9.88. The van der Waals surface area contributed by atoms with Crippen molar-refractivity contribution in [2.24, 2.45) is 11.1 Å². The lowest BCUT2D eigenvalue weighted by Crippen LogP contribution is -2.50. The highest BCUT2D eigenvalue weighted by atomic mass is 35.5. The van der Waals surface area contributed by atoms with Gasteiger partial charge in [-0.3, -0.25) is 9.10 Å². The molecule has 7 nitrogen and oxygen atoms in total. The molecule has 1 fully saturated rings. The highest BCUT2D eigenvalue weighted by Crippen LogP contribution is 2.34. The molecule has 2 heterocycles. The van der Waals surface area contributed by atoms with Crippen molar-refractivity contribution in [2.45, 2.75) is 11.9 Å². The van der Waals surface area contributed by atoms with Gasteiger partial charge in [0.05, 0.1) is 23.9 Å². The van der Waals surface area contributed by atoms with Crippen molar-refractivity contribution in [1.82, 2.24) is 4.98 Å². The summed E-state index contributed by atoms with van der Waals surface area (Å²) in [6.45, 7) is 2.70. The molecule has 1 aliphatic heterocycles. The first-order valence-electron chi connectivity index (χ1n) is 7.94. The van der Waals surface area contributed by atoms with Crippen LogP contribution >= 0.6 is 11.6 Å². The molecule has 27 heavy (non-hydrogen) atoms. The highest BCUT2D eigenvalue weighted by Gasteiger charge is 2.40. The smallest absolute Gasteiger partial charge is 0.281 e. The van der Waals surface area contributed by atoms with Gasteiger partial charge in [-0.15, -0.1) is 0 Å². The van der Waals surface area contributed by atoms with Crippen LogP contribution in [0.2, 0.25) is 5.02 Å². The van der Waals surface area contributed by atoms with Gasteiger partial charge >= 0.3 is 0 Å². The predicted octanol–water partition coefficient (Wildman–Crippen LogP) is 2.20. The second-order valence-electron chi connectivity index (χ2n) is 6.66. The van der Waals surface area contributed by atoms with E-state index < -0.39 is 27.2 Å². The van der Waals surface area contributed by atoms with E-state index in [1.165, 1.54) is 24.4 Å². The topological polar surface area (TPSA) is 103 Å². The molecule has 0 saturated carbocycles. The number of halogens is 2. The molecule has 1 saturated heterocycles. The summed E-state index contributed by atoms with van der Waals surface area (Å²) in [4.78, 5) is 15.3. The van der Waals surface area contributed by atoms with E-state index in [9.17, 15) is 17.6 Å². The molecule has 3 rings (SSSR count). The fourth-order valence-electron chi connectivity index (χ4n) is 2.66. The van der Waals surface area contributed by atoms with Crippen LogP contribution in [0.4, 0.5) is 10.1 Å². The molecular weight excluding hydrogens is 397 g/mol. The third kappa shape index (κ3) is 3.90. The van der Waals surface area contributed by atoms with Crippen molar-refractivity contribution >= 4 is 33.2 Å². The second-order valence-corrected chi connectivity index (χ2v) is 8.88. The van der Waals surface area contributed by atoms with Crippen molar-refractivity contribution in [2.75, 3.05) is 24.1 Å². The van der Waals surface area contributed by atoms with Gasteiger partial charge in [-0.05, 0) is 30.3 Å². The van der Waals surface area contributed by atoms with E-state index in [2.05, 4.69) is 4.98 Å². The van der Waals surface area contributed by atoms with Gasteiger partial charge in [-0.2, -0.15) is 8.42 Å². The zero-order valence-corrected chi connectivity index (χ0v) is 15.9. The van der Waals surface area contributed by atoms with Crippen LogP contribution in [-0.2, 0) is 14.8 Å². The number of hydrogen-bond donors (Lipinski definition) is 1. The van der Waals surface area contributed by atoms with Crippen LogP contribution in [-0.4, -0.2) is 39.1 Å². The number of hydrogen-bond acceptors (Lipinski definition) is 5. The van der Waals surface area contributed by atoms with Gasteiger partial charge in [-0.1, -0.05) is 18.5 Å². The molecule has 0 aliphatic carbocycles. The minimum atomic E-state index is -4.17. The Morgan fingerprint density at radius 3 is 2.63 bits per heavy atom. The Morgan fingerprint density at radius 2 is 2.07 bits per heavy atom. The Kier molecular flexibility index (Phi) is 5.11. The molecular formula is C17H17ClFN3O4S. The number of nitrogens with zero attached hydrogens (tertiary/aromatic N) is 2. The fourth-order valence-corrected chi connectivity index (χ4v) is 4.40. The van der Waals surface area contributed by atoms with Crippen molar-refractivity contribution in [3.63, 3.8) is 0 Å². The first-order valence-corrected chi connectivity index (χ1v) is 9.76. The van der Waals surface area contributed by atoms with E-state index in [1.54, 1.807) is 0 Å². The molecule has 1 aromatic heterocycles. The Labute approximate surface area is 160 Å². The van der Waals surface area contributed by atoms with Crippen LogP contribution < -0.4 is 10.0 Å². The number of ether oxygens (including phenoxy) is 1. The maximum absolute atomic E-state index is 13.6. The third-order valence-corrected chi connectivity index (χ3v) is 6.15. The summed E-state index contributed by atoms with van der Waals surface area (Å²) < 4.78 is 46.4. The first-order chi connectivity index (χ1) is 12.6. The van der Waals surface area contributed by atoms with Gasteiger partial charge in [0, 0.05) is 23.7 Å². The van der Waals surface area contributed by atoms with Crippen LogP contribution in [0, 0.1) is 11.2 Å². The first kappa shape index (κ1) is 19.5. The Morgan fingerprint density at radius 1 is 1.37 bits per heavy atom. The molecule has 2 aromatic rings. The van der Waals surface area contributed by atoms with Gasteiger partial charge in [0.15, 0.2) is 5.03 Å². The predicted molar refractivity (Wildman–Crippen MR) is 97.6 cm³/mol. The number of sulfonamides is 1. The lowest BCUT2D eigenvalue weighted by molar-refractivity contribution is -0.0940. The summed E-state index contributed by atoms with van der Waals surface area (Å²) in [7, 11) is -4.17. The number of amides is 1. The Balaban J connectivity index is 2.09. The van der Waals surface area contributed by atoms with Crippen molar-refractivity contribution in [3.05, 3.63) is 52.9 Å². The van der Waals surface area contributed by atoms with Crippen molar-refractivity contribution < 1.29 is 22.3 Å². The van der Waals surface area contributed by atoms with Crippen molar-refractivity contribution in [1.29, 1.82) is 0 Å². The molecule has 1 aromatic carbocycles. The van der Waals surface area contributed by atoms with E-state index in [0.717, 1.165) is 16.4 Å². The molecule has 2 N–H and O–H groups in total. The molecule has 144 valence electrons. The molecule has 1 amide bonds. The Bertz CT molecular complexity index is 995. The van der Waals surface area contributed by atoms with Gasteiger partial charge < -0.3 is 10.5 Å². The standard InChI is InChI=1S/C17H17ClFN3O4S/c1-17(9-26-10-17)8-22(12-2-3-14(19)13(18)7-12)27(24,25)15-6-11(16(20)23)4-5-21-15/h2-7H,8-10H2,1H3,(H2,20,23). The third-order valence-electron chi connectivity index (χ3n) is 4.19. The van der Waals surface area contributed by atoms with E-state index >= 15 is 0 Å². The minimum absolute atomic E-state index is 0.0128. The van der Waals surface area contributed by atoms with Gasteiger partial charge in [-0.25, -0.2) is 9.37 Å². The molecule has 0 atom stereocenters. The summed E-state index contributed by atoms with van der Waals surface area (Å²) in [5, 5.41) is -0.551. The summed E-state index contributed by atoms with van der Waals surface area (Å²) in [5.74, 6) is -1.44. The van der Waals surface area contributed by atoms with Crippen LogP contribution in [0.15, 0.2) is 41.6 Å². The maximum atomic E-state index is 13.6. The van der Waals surface area contributed by atoms with Crippen LogP contribution in [0.25, 0.3) is 0 Å². The zero-order valence-electron chi connectivity index (χ0n) is 14.4. The number of carbonyl (C=O) groups excluding carboxylic acids is 1. The number of benzene rings is 1. The number of rotatable bonds is 6. The van der Waals surface area contributed by atoms with E-state index in [1.807, 2.05) is 6.92 Å². The summed E-state index contributed by atoms with van der Waals surface area (Å²) >= 11 is 5.84. The largest absolute Gasteiger partial charge is 0.380 e. The van der Waals surface area contributed by atoms with Crippen LogP contribution in [0.5, 0.6) is 0 Å². The monoisotopic (exact) mass is 413 g/mol. The van der Waals surface area contributed by atoms with Crippen molar-refractivity contribution in [3.8, 4) is 0 Å². The van der Waals surface area contributed by atoms with E-state index in [0.29, 0.717) is 13.2 Å². The maximum Gasteiger partial charge on any atom is 0.281 e. The van der Waals surface area contributed by atoms with Gasteiger partial charge in [0.25, 0.3) is 10.0 Å². The van der Waals surface area contributed by atoms with E-state index in [4.69, 9.17) is 22.1 Å². The quantitative estimate of drug-likeness (QED) is 0.782. The Hall–Kier alpha value is -2.23. The summed E-state index contributed by atoms with van der Waals surface area (Å²) in [5.41, 5.74) is 5.00. The number of nitrogens with two attached hydrogens (primary N) is 1. The number of anilines is 1. The second kappa shape index (κ2) is 7.06. The summed E-state index contributed by atoms with van der Waals surface area (Å²) in [6, 6.07) is 6.07. The molecule has 0 spiro atoms. The van der Waals surface area contributed by atoms with Gasteiger partial charge in [0.2, 0.25) is 5.91 Å². The van der Waals surface area contributed by atoms with Gasteiger partial charge in [0.1, 0.15) is 5.82 Å². The average molecular weight is 414 g/mol. The number of primary amides is 1. The zero-order chi connectivity index (χ0) is 19.8. The number of aromatic nitrogens is 1. The molecule has 10 heteroatoms. The normalized spacial score (nSPS) is 15.8. The SMILES string of the molecule is CC1(CN(c2ccc(F)c(Cl)c2)S(=O)(=O)c2cc(C(N)=O)ccn2)COC1. The average Bonchev–Trinajstić information content (AvgIpc) is 2.60. The molecule has 0 unspecified atom stereocenters. The van der Waals surface area contributed by atoms with E-state index in [-0.39, 0.29) is 27.8 Å². The minimum Gasteiger partial charge on any atom is -0.380 e. The number of carbonyl (C=O) groups is 1. The summed E-state index contributed by atoms with van der Waals surface area (Å²) in [6.07, 6.45) is 1.19. The fraction of sp³-hybridized carbons (Fsp3) is 0.294. The van der Waals surface area contributed by atoms with Crippen LogP contribution in [0.3, 0.4) is 0 Å².